The van der Waals surface area contributed by atoms with E-state index in [1.807, 2.05) is 4.90 Å². The van der Waals surface area contributed by atoms with Crippen molar-refractivity contribution >= 4 is 27.5 Å². The standard InChI is InChI=1S/C21H31N3O2S/c1-4-6-12-24(15(3)5-2)18(25)11-13-23-14-22-20-19(21(23)26)16-9-7-8-10-17(16)27-20/h14-15H,4-13H2,1-3H3. The van der Waals surface area contributed by atoms with E-state index in [1.54, 1.807) is 22.2 Å². The van der Waals surface area contributed by atoms with Crippen molar-refractivity contribution in [2.75, 3.05) is 6.54 Å². The molecule has 0 saturated heterocycles. The molecule has 0 bridgehead atoms. The summed E-state index contributed by atoms with van der Waals surface area (Å²) in [6, 6.07) is 0.241. The Hall–Kier alpha value is -1.69. The number of hydrogen-bond donors (Lipinski definition) is 0. The van der Waals surface area contributed by atoms with Gasteiger partial charge in [-0.2, -0.15) is 0 Å². The highest BCUT2D eigenvalue weighted by Gasteiger charge is 2.21. The molecule has 2 aromatic rings. The molecule has 2 heterocycles. The topological polar surface area (TPSA) is 55.2 Å². The number of nitrogens with zero attached hydrogens (tertiary/aromatic N) is 3. The first-order chi connectivity index (χ1) is 13.1. The number of carbonyl (C=O) groups is 1. The largest absolute Gasteiger partial charge is 0.340 e. The van der Waals surface area contributed by atoms with Gasteiger partial charge in [0.1, 0.15) is 4.83 Å². The first kappa shape index (κ1) is 20.1. The highest BCUT2D eigenvalue weighted by atomic mass is 32.1. The zero-order chi connectivity index (χ0) is 19.4. The van der Waals surface area contributed by atoms with E-state index < -0.39 is 0 Å². The predicted octanol–water partition coefficient (Wildman–Crippen LogP) is 4.15. The average molecular weight is 390 g/mol. The lowest BCUT2D eigenvalue weighted by Gasteiger charge is -2.28. The molecular weight excluding hydrogens is 358 g/mol. The van der Waals surface area contributed by atoms with Crippen LogP contribution in [-0.2, 0) is 24.2 Å². The Labute approximate surface area is 165 Å². The Bertz CT molecular complexity index is 855. The third-order valence-corrected chi connectivity index (χ3v) is 6.90. The number of thiophene rings is 1. The summed E-state index contributed by atoms with van der Waals surface area (Å²) in [5, 5.41) is 0.800. The van der Waals surface area contributed by atoms with Crippen LogP contribution in [0.3, 0.4) is 0 Å². The van der Waals surface area contributed by atoms with Crippen molar-refractivity contribution in [1.82, 2.24) is 14.5 Å². The number of amides is 1. The number of aryl methyl sites for hydroxylation is 3. The summed E-state index contributed by atoms with van der Waals surface area (Å²) in [7, 11) is 0. The van der Waals surface area contributed by atoms with Crippen LogP contribution in [0.2, 0.25) is 0 Å². The van der Waals surface area contributed by atoms with Crippen LogP contribution >= 0.6 is 11.3 Å². The molecule has 3 rings (SSSR count). The zero-order valence-electron chi connectivity index (χ0n) is 16.8. The lowest BCUT2D eigenvalue weighted by Crippen LogP contribution is -2.39. The van der Waals surface area contributed by atoms with Crippen molar-refractivity contribution in [2.45, 2.75) is 84.7 Å². The van der Waals surface area contributed by atoms with Gasteiger partial charge < -0.3 is 4.90 Å². The van der Waals surface area contributed by atoms with Crippen LogP contribution in [0.1, 0.15) is 69.7 Å². The summed E-state index contributed by atoms with van der Waals surface area (Å²) in [6.45, 7) is 7.56. The number of fused-ring (bicyclic) bond motifs is 3. The van der Waals surface area contributed by atoms with Crippen molar-refractivity contribution in [3.05, 3.63) is 27.1 Å². The molecule has 1 amide bonds. The molecular formula is C21H31N3O2S. The highest BCUT2D eigenvalue weighted by molar-refractivity contribution is 7.18. The molecule has 0 fully saturated rings. The van der Waals surface area contributed by atoms with Crippen molar-refractivity contribution in [3.8, 4) is 0 Å². The van der Waals surface area contributed by atoms with Gasteiger partial charge in [0.05, 0.1) is 11.7 Å². The van der Waals surface area contributed by atoms with Gasteiger partial charge >= 0.3 is 0 Å². The van der Waals surface area contributed by atoms with E-state index in [9.17, 15) is 9.59 Å². The van der Waals surface area contributed by atoms with Gasteiger partial charge in [-0.05, 0) is 51.0 Å². The van der Waals surface area contributed by atoms with Crippen LogP contribution < -0.4 is 5.56 Å². The zero-order valence-corrected chi connectivity index (χ0v) is 17.6. The molecule has 1 aliphatic rings. The maximum absolute atomic E-state index is 13.0. The maximum Gasteiger partial charge on any atom is 0.262 e. The monoisotopic (exact) mass is 389 g/mol. The Kier molecular flexibility index (Phi) is 6.68. The van der Waals surface area contributed by atoms with E-state index in [0.29, 0.717) is 13.0 Å². The fourth-order valence-electron chi connectivity index (χ4n) is 3.84. The molecule has 0 N–H and O–H groups in total. The van der Waals surface area contributed by atoms with E-state index in [0.717, 1.165) is 55.3 Å². The van der Waals surface area contributed by atoms with Gasteiger partial charge in [-0.1, -0.05) is 20.3 Å². The summed E-state index contributed by atoms with van der Waals surface area (Å²) in [5.41, 5.74) is 1.24. The van der Waals surface area contributed by atoms with E-state index in [2.05, 4.69) is 25.8 Å². The van der Waals surface area contributed by atoms with Gasteiger partial charge in [0, 0.05) is 30.4 Å². The van der Waals surface area contributed by atoms with Gasteiger partial charge in [-0.25, -0.2) is 4.98 Å². The molecule has 0 aromatic carbocycles. The van der Waals surface area contributed by atoms with Crippen molar-refractivity contribution < 1.29 is 4.79 Å². The van der Waals surface area contributed by atoms with Gasteiger partial charge in [-0.15, -0.1) is 11.3 Å². The number of aromatic nitrogens is 2. The normalized spacial score (nSPS) is 14.9. The molecule has 1 unspecified atom stereocenters. The number of rotatable bonds is 8. The van der Waals surface area contributed by atoms with Crippen LogP contribution in [0, 0.1) is 0 Å². The van der Waals surface area contributed by atoms with Crippen LogP contribution in [0.5, 0.6) is 0 Å². The molecule has 0 aliphatic heterocycles. The quantitative estimate of drug-likeness (QED) is 0.681. The fraction of sp³-hybridized carbons (Fsp3) is 0.667. The molecule has 1 atom stereocenters. The molecule has 1 aliphatic carbocycles. The molecule has 2 aromatic heterocycles. The predicted molar refractivity (Wildman–Crippen MR) is 112 cm³/mol. The van der Waals surface area contributed by atoms with E-state index in [-0.39, 0.29) is 17.5 Å². The van der Waals surface area contributed by atoms with Crippen LogP contribution in [0.4, 0.5) is 0 Å². The maximum atomic E-state index is 13.0. The number of carbonyl (C=O) groups excluding carboxylic acids is 1. The van der Waals surface area contributed by atoms with Crippen LogP contribution in [0.15, 0.2) is 11.1 Å². The third kappa shape index (κ3) is 4.26. The summed E-state index contributed by atoms with van der Waals surface area (Å²) in [6.07, 6.45) is 9.41. The second kappa shape index (κ2) is 9.00. The van der Waals surface area contributed by atoms with Gasteiger partial charge in [0.25, 0.3) is 5.56 Å². The van der Waals surface area contributed by atoms with Gasteiger partial charge in [-0.3, -0.25) is 14.2 Å². The number of unbranched alkanes of at least 4 members (excludes halogenated alkanes) is 1. The smallest absolute Gasteiger partial charge is 0.262 e. The first-order valence-corrected chi connectivity index (χ1v) is 11.2. The Morgan fingerprint density at radius 1 is 1.33 bits per heavy atom. The Morgan fingerprint density at radius 3 is 2.85 bits per heavy atom. The molecule has 148 valence electrons. The van der Waals surface area contributed by atoms with Crippen molar-refractivity contribution in [2.24, 2.45) is 0 Å². The molecule has 0 spiro atoms. The summed E-state index contributed by atoms with van der Waals surface area (Å²) in [5.74, 6) is 0.136. The van der Waals surface area contributed by atoms with Crippen LogP contribution in [-0.4, -0.2) is 32.9 Å². The third-order valence-electron chi connectivity index (χ3n) is 5.70. The summed E-state index contributed by atoms with van der Waals surface area (Å²) >= 11 is 1.67. The Balaban J connectivity index is 1.77. The van der Waals surface area contributed by atoms with E-state index in [1.165, 1.54) is 16.9 Å². The number of hydrogen-bond acceptors (Lipinski definition) is 4. The second-order valence-corrected chi connectivity index (χ2v) is 8.67. The lowest BCUT2D eigenvalue weighted by molar-refractivity contribution is -0.133. The second-order valence-electron chi connectivity index (χ2n) is 7.58. The minimum Gasteiger partial charge on any atom is -0.340 e. The molecule has 27 heavy (non-hydrogen) atoms. The molecule has 5 nitrogen and oxygen atoms in total. The van der Waals surface area contributed by atoms with Crippen molar-refractivity contribution in [1.29, 1.82) is 0 Å². The lowest BCUT2D eigenvalue weighted by atomic mass is 9.97. The summed E-state index contributed by atoms with van der Waals surface area (Å²) in [4.78, 5) is 34.5. The minimum atomic E-state index is 0.0239. The van der Waals surface area contributed by atoms with E-state index >= 15 is 0 Å². The van der Waals surface area contributed by atoms with Gasteiger partial charge in [0.2, 0.25) is 5.91 Å². The average Bonchev–Trinajstić information content (AvgIpc) is 3.06. The minimum absolute atomic E-state index is 0.0239. The molecule has 0 radical (unpaired) electrons. The van der Waals surface area contributed by atoms with Crippen LogP contribution in [0.25, 0.3) is 10.2 Å². The first-order valence-electron chi connectivity index (χ1n) is 10.4. The Morgan fingerprint density at radius 2 is 2.11 bits per heavy atom. The van der Waals surface area contributed by atoms with Gasteiger partial charge in [0.15, 0.2) is 0 Å². The summed E-state index contributed by atoms with van der Waals surface area (Å²) < 4.78 is 1.64. The highest BCUT2D eigenvalue weighted by Crippen LogP contribution is 2.33. The fourth-order valence-corrected chi connectivity index (χ4v) is 5.06. The van der Waals surface area contributed by atoms with E-state index in [4.69, 9.17) is 0 Å². The molecule has 6 heteroatoms. The molecule has 0 saturated carbocycles. The van der Waals surface area contributed by atoms with Crippen molar-refractivity contribution in [3.63, 3.8) is 0 Å². The SMILES string of the molecule is CCCCN(C(=O)CCn1cnc2sc3c(c2c1=O)CCCC3)C(C)CC.